The van der Waals surface area contributed by atoms with E-state index in [-0.39, 0.29) is 6.04 Å². The summed E-state index contributed by atoms with van der Waals surface area (Å²) in [6.45, 7) is 8.03. The van der Waals surface area contributed by atoms with Gasteiger partial charge in [-0.25, -0.2) is 4.98 Å². The summed E-state index contributed by atoms with van der Waals surface area (Å²) < 4.78 is 3.34. The molecule has 138 valence electrons. The first kappa shape index (κ1) is 17.9. The number of rotatable bonds is 6. The Hall–Kier alpha value is -2.50. The molecule has 0 bridgehead atoms. The van der Waals surface area contributed by atoms with Crippen molar-refractivity contribution < 1.29 is 0 Å². The van der Waals surface area contributed by atoms with Crippen molar-refractivity contribution in [3.63, 3.8) is 0 Å². The highest BCUT2D eigenvalue weighted by Crippen LogP contribution is 2.26. The van der Waals surface area contributed by atoms with Crippen LogP contribution in [0.3, 0.4) is 0 Å². The first-order valence-electron chi connectivity index (χ1n) is 9.27. The van der Waals surface area contributed by atoms with E-state index >= 15 is 0 Å². The molecule has 1 atom stereocenters. The third kappa shape index (κ3) is 3.80. The van der Waals surface area contributed by atoms with Gasteiger partial charge in [0.05, 0.1) is 28.5 Å². The van der Waals surface area contributed by atoms with E-state index in [9.17, 15) is 0 Å². The summed E-state index contributed by atoms with van der Waals surface area (Å²) in [5, 5.41) is 9.51. The summed E-state index contributed by atoms with van der Waals surface area (Å²) in [4.78, 5) is 4.77. The largest absolute Gasteiger partial charge is 0.304 e. The molecule has 1 N–H and O–H groups in total. The average Bonchev–Trinajstić information content (AvgIpc) is 3.22. The zero-order valence-corrected chi connectivity index (χ0v) is 16.8. The quantitative estimate of drug-likeness (QED) is 0.514. The zero-order chi connectivity index (χ0) is 18.8. The van der Waals surface area contributed by atoms with Crippen molar-refractivity contribution in [2.75, 3.05) is 0 Å². The third-order valence-corrected chi connectivity index (χ3v) is 6.19. The fourth-order valence-corrected chi connectivity index (χ4v) is 4.31. The predicted molar refractivity (Wildman–Crippen MR) is 112 cm³/mol. The van der Waals surface area contributed by atoms with Crippen LogP contribution in [0.1, 0.15) is 40.5 Å². The number of fused-ring (bicyclic) bond motifs is 1. The Labute approximate surface area is 163 Å². The predicted octanol–water partition coefficient (Wildman–Crippen LogP) is 5.01. The van der Waals surface area contributed by atoms with E-state index in [1.165, 1.54) is 21.5 Å². The molecule has 0 amide bonds. The first-order valence-corrected chi connectivity index (χ1v) is 10.1. The van der Waals surface area contributed by atoms with E-state index in [2.05, 4.69) is 73.2 Å². The van der Waals surface area contributed by atoms with Crippen molar-refractivity contribution in [3.05, 3.63) is 82.1 Å². The van der Waals surface area contributed by atoms with Crippen LogP contribution in [-0.2, 0) is 13.1 Å². The lowest BCUT2D eigenvalue weighted by Crippen LogP contribution is -2.18. The molecule has 4 rings (SSSR count). The standard InChI is InChI=1S/C22H24N4S/c1-15-19(17(3)26(25-15)14-18-9-5-4-6-10-18)13-23-16(2)22-24-20-11-7-8-12-21(20)27-22/h4-12,16,23H,13-14H2,1-3H3/t16-/m0/s1. The minimum absolute atomic E-state index is 0.207. The van der Waals surface area contributed by atoms with Gasteiger partial charge < -0.3 is 5.32 Å². The molecule has 2 heterocycles. The number of para-hydroxylation sites is 1. The van der Waals surface area contributed by atoms with Gasteiger partial charge in [-0.15, -0.1) is 11.3 Å². The summed E-state index contributed by atoms with van der Waals surface area (Å²) in [7, 11) is 0. The van der Waals surface area contributed by atoms with Crippen LogP contribution < -0.4 is 5.32 Å². The molecular weight excluding hydrogens is 352 g/mol. The van der Waals surface area contributed by atoms with Crippen molar-refractivity contribution >= 4 is 21.6 Å². The molecule has 0 aliphatic rings. The molecule has 2 aromatic heterocycles. The first-order chi connectivity index (χ1) is 13.1. The van der Waals surface area contributed by atoms with Gasteiger partial charge in [0.25, 0.3) is 0 Å². The second kappa shape index (κ2) is 7.62. The Morgan fingerprint density at radius 3 is 2.56 bits per heavy atom. The topological polar surface area (TPSA) is 42.7 Å². The third-order valence-electron chi connectivity index (χ3n) is 4.97. The molecule has 0 fully saturated rings. The van der Waals surface area contributed by atoms with E-state index < -0.39 is 0 Å². The molecule has 0 radical (unpaired) electrons. The summed E-state index contributed by atoms with van der Waals surface area (Å²) in [6.07, 6.45) is 0. The van der Waals surface area contributed by atoms with Crippen LogP contribution in [-0.4, -0.2) is 14.8 Å². The van der Waals surface area contributed by atoms with Crippen molar-refractivity contribution in [2.45, 2.75) is 39.9 Å². The highest BCUT2D eigenvalue weighted by atomic mass is 32.1. The fourth-order valence-electron chi connectivity index (χ4n) is 3.32. The summed E-state index contributed by atoms with van der Waals surface area (Å²) in [5.74, 6) is 0. The second-order valence-electron chi connectivity index (χ2n) is 6.92. The van der Waals surface area contributed by atoms with Gasteiger partial charge in [0, 0.05) is 17.8 Å². The van der Waals surface area contributed by atoms with Gasteiger partial charge in [0.2, 0.25) is 0 Å². The van der Waals surface area contributed by atoms with Gasteiger partial charge in [-0.2, -0.15) is 5.10 Å². The van der Waals surface area contributed by atoms with Gasteiger partial charge in [0.1, 0.15) is 5.01 Å². The minimum atomic E-state index is 0.207. The number of aryl methyl sites for hydroxylation is 1. The smallest absolute Gasteiger partial charge is 0.111 e. The molecule has 0 spiro atoms. The second-order valence-corrected chi connectivity index (χ2v) is 7.98. The molecule has 2 aromatic carbocycles. The van der Waals surface area contributed by atoms with Crippen molar-refractivity contribution in [1.29, 1.82) is 0 Å². The Balaban J connectivity index is 1.47. The monoisotopic (exact) mass is 376 g/mol. The SMILES string of the molecule is Cc1nn(Cc2ccccc2)c(C)c1CN[C@@H](C)c1nc2ccccc2s1. The van der Waals surface area contributed by atoms with Crippen molar-refractivity contribution in [2.24, 2.45) is 0 Å². The Bertz CT molecular complexity index is 1020. The average molecular weight is 377 g/mol. The van der Waals surface area contributed by atoms with Crippen LogP contribution in [0.2, 0.25) is 0 Å². The van der Waals surface area contributed by atoms with E-state index in [1.807, 2.05) is 12.1 Å². The van der Waals surface area contributed by atoms with Crippen LogP contribution in [0.15, 0.2) is 54.6 Å². The normalized spacial score (nSPS) is 12.6. The molecular formula is C22H24N4S. The van der Waals surface area contributed by atoms with Crippen molar-refractivity contribution in [1.82, 2.24) is 20.1 Å². The van der Waals surface area contributed by atoms with E-state index in [4.69, 9.17) is 10.1 Å². The molecule has 5 heteroatoms. The summed E-state index contributed by atoms with van der Waals surface area (Å²) in [6, 6.07) is 19.0. The van der Waals surface area contributed by atoms with E-state index in [0.717, 1.165) is 29.3 Å². The highest BCUT2D eigenvalue weighted by molar-refractivity contribution is 7.18. The molecule has 0 saturated carbocycles. The number of hydrogen-bond donors (Lipinski definition) is 1. The maximum Gasteiger partial charge on any atom is 0.111 e. The van der Waals surface area contributed by atoms with Crippen molar-refractivity contribution in [3.8, 4) is 0 Å². The summed E-state index contributed by atoms with van der Waals surface area (Å²) >= 11 is 1.76. The number of thiazole rings is 1. The van der Waals surface area contributed by atoms with Crippen LogP contribution in [0.25, 0.3) is 10.2 Å². The van der Waals surface area contributed by atoms with Crippen LogP contribution in [0.4, 0.5) is 0 Å². The molecule has 0 aliphatic heterocycles. The number of aromatic nitrogens is 3. The zero-order valence-electron chi connectivity index (χ0n) is 15.9. The van der Waals surface area contributed by atoms with Gasteiger partial charge in [-0.05, 0) is 38.5 Å². The van der Waals surface area contributed by atoms with Gasteiger partial charge in [0.15, 0.2) is 0 Å². The Kier molecular flexibility index (Phi) is 5.05. The lowest BCUT2D eigenvalue weighted by Gasteiger charge is -2.11. The van der Waals surface area contributed by atoms with Crippen LogP contribution in [0.5, 0.6) is 0 Å². The molecule has 4 nitrogen and oxygen atoms in total. The van der Waals surface area contributed by atoms with Gasteiger partial charge in [-0.1, -0.05) is 42.5 Å². The van der Waals surface area contributed by atoms with Crippen LogP contribution >= 0.6 is 11.3 Å². The van der Waals surface area contributed by atoms with Crippen LogP contribution in [0, 0.1) is 13.8 Å². The number of nitrogens with zero attached hydrogens (tertiary/aromatic N) is 3. The molecule has 0 unspecified atom stereocenters. The van der Waals surface area contributed by atoms with Gasteiger partial charge >= 0.3 is 0 Å². The lowest BCUT2D eigenvalue weighted by molar-refractivity contribution is 0.569. The molecule has 0 aliphatic carbocycles. The maximum atomic E-state index is 4.77. The number of benzene rings is 2. The molecule has 4 aromatic rings. The van der Waals surface area contributed by atoms with E-state index in [0.29, 0.717) is 0 Å². The lowest BCUT2D eigenvalue weighted by atomic mass is 10.2. The maximum absolute atomic E-state index is 4.77. The molecule has 0 saturated heterocycles. The molecule has 27 heavy (non-hydrogen) atoms. The fraction of sp³-hybridized carbons (Fsp3) is 0.273. The van der Waals surface area contributed by atoms with Gasteiger partial charge in [-0.3, -0.25) is 4.68 Å². The number of nitrogens with one attached hydrogen (secondary N) is 1. The van der Waals surface area contributed by atoms with E-state index in [1.54, 1.807) is 11.3 Å². The summed E-state index contributed by atoms with van der Waals surface area (Å²) in [5.41, 5.74) is 5.94. The number of hydrogen-bond acceptors (Lipinski definition) is 4. The minimum Gasteiger partial charge on any atom is -0.304 e. The Morgan fingerprint density at radius 1 is 1.04 bits per heavy atom. The highest BCUT2D eigenvalue weighted by Gasteiger charge is 2.15. The Morgan fingerprint density at radius 2 is 1.78 bits per heavy atom.